The van der Waals surface area contributed by atoms with Gasteiger partial charge < -0.3 is 15.3 Å². The number of nitrogens with zero attached hydrogens (tertiary/aromatic N) is 2. The number of pyridine rings is 1. The van der Waals surface area contributed by atoms with Gasteiger partial charge in [0.25, 0.3) is 0 Å². The zero-order valence-corrected chi connectivity index (χ0v) is 10.7. The van der Waals surface area contributed by atoms with Crippen molar-refractivity contribution in [2.45, 2.75) is 20.3 Å². The van der Waals surface area contributed by atoms with E-state index in [-0.39, 0.29) is 24.8 Å². The number of aliphatic hydroxyl groups excluding tert-OH is 1. The molecule has 2 N–H and O–H groups in total. The fourth-order valence-electron chi connectivity index (χ4n) is 1.58. The largest absolute Gasteiger partial charge is 0.395 e. The minimum absolute atomic E-state index is 0.0460. The second-order valence-corrected chi connectivity index (χ2v) is 3.85. The lowest BCUT2D eigenvalue weighted by Gasteiger charge is -2.22. The van der Waals surface area contributed by atoms with Crippen LogP contribution in [0.15, 0.2) is 6.07 Å². The van der Waals surface area contributed by atoms with Gasteiger partial charge in [-0.2, -0.15) is 0 Å². The SMILES string of the molecule is CCCNc1nc(N(CC)CCO)c(F)cc1F. The summed E-state index contributed by atoms with van der Waals surface area (Å²) in [6.07, 6.45) is 0.821. The van der Waals surface area contributed by atoms with E-state index in [4.69, 9.17) is 5.11 Å². The summed E-state index contributed by atoms with van der Waals surface area (Å²) in [6.45, 7) is 4.98. The quantitative estimate of drug-likeness (QED) is 0.786. The van der Waals surface area contributed by atoms with Gasteiger partial charge in [-0.15, -0.1) is 0 Å². The highest BCUT2D eigenvalue weighted by molar-refractivity contribution is 5.49. The molecule has 102 valence electrons. The summed E-state index contributed by atoms with van der Waals surface area (Å²) in [7, 11) is 0. The van der Waals surface area contributed by atoms with Gasteiger partial charge in [0, 0.05) is 25.7 Å². The lowest BCUT2D eigenvalue weighted by Crippen LogP contribution is -2.28. The number of likely N-dealkylation sites (N-methyl/N-ethyl adjacent to an activating group) is 1. The zero-order chi connectivity index (χ0) is 13.5. The maximum Gasteiger partial charge on any atom is 0.168 e. The van der Waals surface area contributed by atoms with E-state index in [1.807, 2.05) is 13.8 Å². The smallest absolute Gasteiger partial charge is 0.168 e. The Labute approximate surface area is 106 Å². The van der Waals surface area contributed by atoms with Crippen LogP contribution in [0, 0.1) is 11.6 Å². The first-order valence-electron chi connectivity index (χ1n) is 6.09. The van der Waals surface area contributed by atoms with Gasteiger partial charge in [-0.25, -0.2) is 13.8 Å². The van der Waals surface area contributed by atoms with E-state index in [1.165, 1.54) is 0 Å². The molecule has 0 unspecified atom stereocenters. The molecule has 6 heteroatoms. The number of aliphatic hydroxyl groups is 1. The standard InChI is InChI=1S/C12H19F2N3O/c1-3-5-15-11-9(13)8-10(14)12(16-11)17(4-2)6-7-18/h8,18H,3-7H2,1-2H3,(H,15,16). The van der Waals surface area contributed by atoms with Crippen LogP contribution in [0.5, 0.6) is 0 Å². The van der Waals surface area contributed by atoms with E-state index < -0.39 is 11.6 Å². The fraction of sp³-hybridized carbons (Fsp3) is 0.583. The average molecular weight is 259 g/mol. The average Bonchev–Trinajstić information content (AvgIpc) is 2.35. The van der Waals surface area contributed by atoms with Crippen molar-refractivity contribution in [1.29, 1.82) is 0 Å². The summed E-state index contributed by atoms with van der Waals surface area (Å²) < 4.78 is 27.1. The molecule has 0 aliphatic carbocycles. The van der Waals surface area contributed by atoms with Crippen LogP contribution in [0.2, 0.25) is 0 Å². The van der Waals surface area contributed by atoms with Gasteiger partial charge in [-0.05, 0) is 13.3 Å². The highest BCUT2D eigenvalue weighted by Gasteiger charge is 2.16. The first kappa shape index (κ1) is 14.6. The van der Waals surface area contributed by atoms with Crippen molar-refractivity contribution in [3.8, 4) is 0 Å². The minimum atomic E-state index is -0.718. The van der Waals surface area contributed by atoms with Gasteiger partial charge in [-0.3, -0.25) is 0 Å². The van der Waals surface area contributed by atoms with Crippen molar-refractivity contribution in [3.05, 3.63) is 17.7 Å². The molecule has 1 heterocycles. The third kappa shape index (κ3) is 3.53. The van der Waals surface area contributed by atoms with Crippen LogP contribution in [0.4, 0.5) is 20.4 Å². The Bertz CT molecular complexity index is 388. The number of aromatic nitrogens is 1. The molecule has 4 nitrogen and oxygen atoms in total. The molecule has 0 aliphatic rings. The maximum absolute atomic E-state index is 13.7. The second kappa shape index (κ2) is 7.10. The van der Waals surface area contributed by atoms with Crippen LogP contribution in [0.25, 0.3) is 0 Å². The molecule has 0 spiro atoms. The molecule has 0 aliphatic heterocycles. The lowest BCUT2D eigenvalue weighted by atomic mass is 10.3. The number of hydrogen-bond donors (Lipinski definition) is 2. The maximum atomic E-state index is 13.7. The predicted octanol–water partition coefficient (Wildman–Crippen LogP) is 2.00. The van der Waals surface area contributed by atoms with Crippen molar-refractivity contribution in [2.24, 2.45) is 0 Å². The predicted molar refractivity (Wildman–Crippen MR) is 67.9 cm³/mol. The fourth-order valence-corrected chi connectivity index (χ4v) is 1.58. The highest BCUT2D eigenvalue weighted by atomic mass is 19.1. The van der Waals surface area contributed by atoms with Crippen LogP contribution >= 0.6 is 0 Å². The summed E-state index contributed by atoms with van der Waals surface area (Å²) in [4.78, 5) is 5.51. The number of hydrogen-bond acceptors (Lipinski definition) is 4. The summed E-state index contributed by atoms with van der Waals surface area (Å²) in [5.74, 6) is -1.31. The molecule has 1 aromatic heterocycles. The van der Waals surface area contributed by atoms with Crippen LogP contribution in [-0.2, 0) is 0 Å². The zero-order valence-electron chi connectivity index (χ0n) is 10.7. The number of nitrogens with one attached hydrogen (secondary N) is 1. The van der Waals surface area contributed by atoms with Crippen LogP contribution in [-0.4, -0.2) is 36.3 Å². The summed E-state index contributed by atoms with van der Waals surface area (Å²) >= 11 is 0. The molecule has 0 fully saturated rings. The summed E-state index contributed by atoms with van der Waals surface area (Å²) in [5.41, 5.74) is 0. The van der Waals surface area contributed by atoms with Crippen molar-refractivity contribution in [3.63, 3.8) is 0 Å². The third-order valence-corrected chi connectivity index (χ3v) is 2.50. The molecule has 0 saturated carbocycles. The Morgan fingerprint density at radius 1 is 1.33 bits per heavy atom. The number of rotatable bonds is 7. The molecule has 0 radical (unpaired) electrons. The van der Waals surface area contributed by atoms with Gasteiger partial charge in [0.05, 0.1) is 6.61 Å². The molecule has 1 aromatic rings. The minimum Gasteiger partial charge on any atom is -0.395 e. The Morgan fingerprint density at radius 3 is 2.61 bits per heavy atom. The monoisotopic (exact) mass is 259 g/mol. The van der Waals surface area contributed by atoms with Gasteiger partial charge in [0.15, 0.2) is 23.3 Å². The van der Waals surface area contributed by atoms with E-state index in [0.717, 1.165) is 12.5 Å². The first-order valence-corrected chi connectivity index (χ1v) is 6.09. The second-order valence-electron chi connectivity index (χ2n) is 3.85. The summed E-state index contributed by atoms with van der Waals surface area (Å²) in [6, 6.07) is 0.820. The Kier molecular flexibility index (Phi) is 5.77. The molecule has 0 bridgehead atoms. The van der Waals surface area contributed by atoms with E-state index in [9.17, 15) is 8.78 Å². The Hall–Kier alpha value is -1.43. The van der Waals surface area contributed by atoms with Crippen molar-refractivity contribution in [2.75, 3.05) is 36.5 Å². The topological polar surface area (TPSA) is 48.4 Å². The van der Waals surface area contributed by atoms with E-state index in [0.29, 0.717) is 13.1 Å². The van der Waals surface area contributed by atoms with Gasteiger partial charge in [0.2, 0.25) is 0 Å². The Balaban J connectivity index is 3.02. The van der Waals surface area contributed by atoms with Crippen molar-refractivity contribution in [1.82, 2.24) is 4.98 Å². The van der Waals surface area contributed by atoms with Crippen LogP contribution in [0.1, 0.15) is 20.3 Å². The Morgan fingerprint density at radius 2 is 2.06 bits per heavy atom. The van der Waals surface area contributed by atoms with Crippen LogP contribution in [0.3, 0.4) is 0 Å². The molecule has 1 rings (SSSR count). The van der Waals surface area contributed by atoms with E-state index in [2.05, 4.69) is 10.3 Å². The number of halogens is 2. The van der Waals surface area contributed by atoms with Gasteiger partial charge >= 0.3 is 0 Å². The lowest BCUT2D eigenvalue weighted by molar-refractivity contribution is 0.301. The highest BCUT2D eigenvalue weighted by Crippen LogP contribution is 2.22. The normalized spacial score (nSPS) is 10.5. The molecular weight excluding hydrogens is 240 g/mol. The van der Waals surface area contributed by atoms with Gasteiger partial charge in [0.1, 0.15) is 0 Å². The van der Waals surface area contributed by atoms with E-state index >= 15 is 0 Å². The first-order chi connectivity index (χ1) is 8.63. The van der Waals surface area contributed by atoms with Crippen LogP contribution < -0.4 is 10.2 Å². The molecule has 0 aromatic carbocycles. The summed E-state index contributed by atoms with van der Waals surface area (Å²) in [5, 5.41) is 11.7. The van der Waals surface area contributed by atoms with E-state index in [1.54, 1.807) is 4.90 Å². The van der Waals surface area contributed by atoms with Gasteiger partial charge in [-0.1, -0.05) is 6.92 Å². The molecule has 0 atom stereocenters. The molecule has 18 heavy (non-hydrogen) atoms. The van der Waals surface area contributed by atoms with Crippen molar-refractivity contribution < 1.29 is 13.9 Å². The van der Waals surface area contributed by atoms with Crippen molar-refractivity contribution >= 4 is 11.6 Å². The number of anilines is 2. The molecule has 0 saturated heterocycles. The molecular formula is C12H19F2N3O. The molecule has 0 amide bonds. The third-order valence-electron chi connectivity index (χ3n) is 2.50.